The molecule has 0 saturated heterocycles. The summed E-state index contributed by atoms with van der Waals surface area (Å²) in [6, 6.07) is 22.1. The van der Waals surface area contributed by atoms with Crippen molar-refractivity contribution in [2.75, 3.05) is 0 Å². The number of nitrogens with zero attached hydrogens (tertiary/aromatic N) is 2. The molecule has 4 rings (SSSR count). The summed E-state index contributed by atoms with van der Waals surface area (Å²) < 4.78 is 1.95. The largest absolute Gasteiger partial charge is 0.345 e. The van der Waals surface area contributed by atoms with Gasteiger partial charge < -0.3 is 9.72 Å². The van der Waals surface area contributed by atoms with Crippen LogP contribution in [-0.2, 0) is 0 Å². The third-order valence-corrected chi connectivity index (χ3v) is 5.04. The fourth-order valence-corrected chi connectivity index (χ4v) is 3.68. The van der Waals surface area contributed by atoms with Gasteiger partial charge in [-0.1, -0.05) is 54.6 Å². The van der Waals surface area contributed by atoms with E-state index in [2.05, 4.69) is 34.6 Å². The van der Waals surface area contributed by atoms with Crippen LogP contribution in [0, 0.1) is 13.8 Å². The van der Waals surface area contributed by atoms with Crippen molar-refractivity contribution in [1.29, 1.82) is 0 Å². The molecule has 0 fully saturated rings. The lowest BCUT2D eigenvalue weighted by atomic mass is 9.95. The number of amides is 1. The molecule has 1 unspecified atom stereocenters. The predicted molar refractivity (Wildman–Crippen MR) is 112 cm³/mol. The Balaban J connectivity index is 1.65. The van der Waals surface area contributed by atoms with Crippen LogP contribution in [0.25, 0.3) is 16.8 Å². The van der Waals surface area contributed by atoms with Crippen molar-refractivity contribution in [3.63, 3.8) is 0 Å². The summed E-state index contributed by atoms with van der Waals surface area (Å²) in [4.78, 5) is 17.6. The number of hydrogen-bond donors (Lipinski definition) is 1. The van der Waals surface area contributed by atoms with Gasteiger partial charge >= 0.3 is 0 Å². The summed E-state index contributed by atoms with van der Waals surface area (Å²) in [5.41, 5.74) is 6.60. The summed E-state index contributed by atoms with van der Waals surface area (Å²) in [6.07, 6.45) is 1.90. The molecule has 28 heavy (non-hydrogen) atoms. The molecule has 4 heteroatoms. The third-order valence-electron chi connectivity index (χ3n) is 5.04. The van der Waals surface area contributed by atoms with Gasteiger partial charge in [-0.2, -0.15) is 0 Å². The lowest BCUT2D eigenvalue weighted by Gasteiger charge is -2.18. The fraction of sp³-hybridized carbons (Fsp3) is 0.167. The first-order valence-electron chi connectivity index (χ1n) is 9.45. The molecule has 0 radical (unpaired) electrons. The molecule has 0 aliphatic carbocycles. The molecule has 4 aromatic rings. The maximum absolute atomic E-state index is 13.0. The van der Waals surface area contributed by atoms with Gasteiger partial charge in [0, 0.05) is 17.6 Å². The van der Waals surface area contributed by atoms with Crippen LogP contribution < -0.4 is 5.32 Å². The second-order valence-electron chi connectivity index (χ2n) is 7.11. The topological polar surface area (TPSA) is 46.4 Å². The zero-order chi connectivity index (χ0) is 19.7. The minimum atomic E-state index is -0.134. The van der Waals surface area contributed by atoms with Crippen molar-refractivity contribution in [1.82, 2.24) is 14.7 Å². The Hall–Kier alpha value is -3.40. The van der Waals surface area contributed by atoms with Crippen molar-refractivity contribution in [3.05, 3.63) is 95.4 Å². The summed E-state index contributed by atoms with van der Waals surface area (Å²) in [7, 11) is 0. The number of fused-ring (bicyclic) bond motifs is 1. The minimum absolute atomic E-state index is 0.115. The zero-order valence-electron chi connectivity index (χ0n) is 16.3. The summed E-state index contributed by atoms with van der Waals surface area (Å²) in [5.74, 6) is -0.115. The Morgan fingerprint density at radius 2 is 1.71 bits per heavy atom. The highest BCUT2D eigenvalue weighted by Gasteiger charge is 2.18. The van der Waals surface area contributed by atoms with Crippen LogP contribution in [0.2, 0.25) is 0 Å². The first-order chi connectivity index (χ1) is 13.5. The highest BCUT2D eigenvalue weighted by molar-refractivity contribution is 6.00. The Bertz CT molecular complexity index is 1150. The second kappa shape index (κ2) is 7.31. The van der Waals surface area contributed by atoms with E-state index >= 15 is 0 Å². The van der Waals surface area contributed by atoms with E-state index in [1.54, 1.807) is 0 Å². The molecular weight excluding hydrogens is 346 g/mol. The van der Waals surface area contributed by atoms with Crippen LogP contribution in [0.5, 0.6) is 0 Å². The van der Waals surface area contributed by atoms with Gasteiger partial charge in [0.15, 0.2) is 0 Å². The van der Waals surface area contributed by atoms with Crippen molar-refractivity contribution in [2.24, 2.45) is 0 Å². The Morgan fingerprint density at radius 1 is 1.00 bits per heavy atom. The lowest BCUT2D eigenvalue weighted by Crippen LogP contribution is -2.27. The van der Waals surface area contributed by atoms with Crippen molar-refractivity contribution >= 4 is 11.6 Å². The molecule has 2 aromatic carbocycles. The molecule has 140 valence electrons. The summed E-state index contributed by atoms with van der Waals surface area (Å²) >= 11 is 0. The smallest absolute Gasteiger partial charge is 0.255 e. The minimum Gasteiger partial charge on any atom is -0.345 e. The van der Waals surface area contributed by atoms with E-state index in [0.29, 0.717) is 11.2 Å². The van der Waals surface area contributed by atoms with E-state index in [1.165, 1.54) is 0 Å². The first kappa shape index (κ1) is 18.0. The van der Waals surface area contributed by atoms with E-state index < -0.39 is 0 Å². The van der Waals surface area contributed by atoms with Crippen LogP contribution in [0.1, 0.15) is 40.3 Å². The molecule has 1 amide bonds. The zero-order valence-corrected chi connectivity index (χ0v) is 16.3. The molecule has 4 nitrogen and oxygen atoms in total. The molecule has 2 aromatic heterocycles. The number of carbonyl (C=O) groups excluding carboxylic acids is 1. The monoisotopic (exact) mass is 369 g/mol. The molecule has 0 aliphatic rings. The lowest BCUT2D eigenvalue weighted by molar-refractivity contribution is 0.0941. The van der Waals surface area contributed by atoms with Gasteiger partial charge in [-0.05, 0) is 49.6 Å². The molecule has 1 atom stereocenters. The second-order valence-corrected chi connectivity index (χ2v) is 7.11. The first-order valence-corrected chi connectivity index (χ1v) is 9.45. The van der Waals surface area contributed by atoms with Gasteiger partial charge in [0.05, 0.1) is 11.6 Å². The van der Waals surface area contributed by atoms with E-state index in [9.17, 15) is 4.79 Å². The average molecular weight is 369 g/mol. The van der Waals surface area contributed by atoms with Crippen LogP contribution in [-0.4, -0.2) is 15.3 Å². The maximum atomic E-state index is 13.0. The van der Waals surface area contributed by atoms with Gasteiger partial charge in [0.25, 0.3) is 5.91 Å². The van der Waals surface area contributed by atoms with Gasteiger partial charge in [0.2, 0.25) is 0 Å². The molecule has 0 aliphatic heterocycles. The highest BCUT2D eigenvalue weighted by atomic mass is 16.1. The Labute approximate surface area is 164 Å². The average Bonchev–Trinajstić information content (AvgIpc) is 3.13. The number of carbonyl (C=O) groups is 1. The van der Waals surface area contributed by atoms with Gasteiger partial charge in [-0.25, -0.2) is 4.98 Å². The number of benzene rings is 2. The molecule has 0 bridgehead atoms. The number of aryl methyl sites for hydroxylation is 2. The van der Waals surface area contributed by atoms with E-state index in [0.717, 1.165) is 28.1 Å². The Morgan fingerprint density at radius 3 is 2.50 bits per heavy atom. The fourth-order valence-electron chi connectivity index (χ4n) is 3.68. The standard InChI is InChI=1S/C24H23N3O/c1-16-15-17(2)27-14-13-22(23(27)25-16)24(28)26-18(3)20-11-7-8-12-21(20)19-9-5-4-6-10-19/h4-15,18H,1-3H3,(H,26,28). The molecular formula is C24H23N3O. The summed E-state index contributed by atoms with van der Waals surface area (Å²) in [6.45, 7) is 5.98. The molecule has 0 saturated carbocycles. The van der Waals surface area contributed by atoms with Crippen molar-refractivity contribution in [3.8, 4) is 11.1 Å². The number of aromatic nitrogens is 2. The SMILES string of the molecule is Cc1cc(C)n2ccc(C(=O)NC(C)c3ccccc3-c3ccccc3)c2n1. The van der Waals surface area contributed by atoms with Gasteiger partial charge in [0.1, 0.15) is 5.65 Å². The molecule has 2 heterocycles. The van der Waals surface area contributed by atoms with E-state index in [-0.39, 0.29) is 11.9 Å². The summed E-state index contributed by atoms with van der Waals surface area (Å²) in [5, 5.41) is 3.15. The van der Waals surface area contributed by atoms with Crippen LogP contribution in [0.15, 0.2) is 72.9 Å². The van der Waals surface area contributed by atoms with E-state index in [1.807, 2.05) is 73.8 Å². The van der Waals surface area contributed by atoms with Crippen molar-refractivity contribution < 1.29 is 4.79 Å². The van der Waals surface area contributed by atoms with Gasteiger partial charge in [-0.3, -0.25) is 4.79 Å². The molecule has 0 spiro atoms. The predicted octanol–water partition coefficient (Wildman–Crippen LogP) is 5.11. The third kappa shape index (κ3) is 3.29. The Kier molecular flexibility index (Phi) is 4.70. The van der Waals surface area contributed by atoms with Crippen molar-refractivity contribution in [2.45, 2.75) is 26.8 Å². The van der Waals surface area contributed by atoms with E-state index in [4.69, 9.17) is 0 Å². The van der Waals surface area contributed by atoms with Crippen LogP contribution in [0.4, 0.5) is 0 Å². The quantitative estimate of drug-likeness (QED) is 0.543. The number of nitrogens with one attached hydrogen (secondary N) is 1. The normalized spacial score (nSPS) is 12.1. The van der Waals surface area contributed by atoms with Crippen LogP contribution >= 0.6 is 0 Å². The highest BCUT2D eigenvalue weighted by Crippen LogP contribution is 2.28. The number of rotatable bonds is 4. The van der Waals surface area contributed by atoms with Crippen LogP contribution in [0.3, 0.4) is 0 Å². The van der Waals surface area contributed by atoms with Gasteiger partial charge in [-0.15, -0.1) is 0 Å². The molecule has 1 N–H and O–H groups in total. The number of hydrogen-bond acceptors (Lipinski definition) is 2. The maximum Gasteiger partial charge on any atom is 0.255 e.